The van der Waals surface area contributed by atoms with Gasteiger partial charge in [0.25, 0.3) is 0 Å². The SMILES string of the molecule is CN(C)CCOc1ccc(-c2cc3c(C#CCCO)cccc3c[n+]2[O-])cc1. The van der Waals surface area contributed by atoms with Gasteiger partial charge in [0.15, 0.2) is 6.20 Å². The molecule has 0 radical (unpaired) electrons. The summed E-state index contributed by atoms with van der Waals surface area (Å²) in [6.45, 7) is 1.49. The van der Waals surface area contributed by atoms with E-state index >= 15 is 0 Å². The van der Waals surface area contributed by atoms with Crippen molar-refractivity contribution in [2.24, 2.45) is 0 Å². The van der Waals surface area contributed by atoms with Gasteiger partial charge in [-0.25, -0.2) is 0 Å². The van der Waals surface area contributed by atoms with Gasteiger partial charge in [-0.2, -0.15) is 4.73 Å². The fourth-order valence-corrected chi connectivity index (χ4v) is 2.85. The molecule has 28 heavy (non-hydrogen) atoms. The number of pyridine rings is 1. The highest BCUT2D eigenvalue weighted by molar-refractivity contribution is 5.89. The Morgan fingerprint density at radius 3 is 2.64 bits per heavy atom. The summed E-state index contributed by atoms with van der Waals surface area (Å²) < 4.78 is 6.60. The molecule has 2 aromatic carbocycles. The standard InChI is InChI=1S/C23H24N2O3/c1-24(2)13-15-28-21-11-9-19(10-12-21)23-16-22-18(6-3-4-14-26)7-5-8-20(22)17-25(23)27/h5,7-12,16-17,26H,4,13-15H2,1-2H3. The quantitative estimate of drug-likeness (QED) is 0.408. The Balaban J connectivity index is 1.91. The minimum absolute atomic E-state index is 0.0343. The van der Waals surface area contributed by atoms with Crippen LogP contribution in [0.5, 0.6) is 5.75 Å². The lowest BCUT2D eigenvalue weighted by Crippen LogP contribution is -2.28. The molecule has 144 valence electrons. The molecule has 0 spiro atoms. The maximum Gasteiger partial charge on any atom is 0.224 e. The van der Waals surface area contributed by atoms with Gasteiger partial charge in [-0.05, 0) is 50.5 Å². The Morgan fingerprint density at radius 2 is 1.93 bits per heavy atom. The normalized spacial score (nSPS) is 10.7. The summed E-state index contributed by atoms with van der Waals surface area (Å²) in [6, 6.07) is 15.1. The number of hydrogen-bond acceptors (Lipinski definition) is 4. The zero-order chi connectivity index (χ0) is 19.9. The van der Waals surface area contributed by atoms with Crippen LogP contribution >= 0.6 is 0 Å². The van der Waals surface area contributed by atoms with E-state index in [1.165, 1.54) is 0 Å². The van der Waals surface area contributed by atoms with Crippen LogP contribution in [0, 0.1) is 17.0 Å². The van der Waals surface area contributed by atoms with E-state index in [0.717, 1.165) is 38.9 Å². The van der Waals surface area contributed by atoms with E-state index in [4.69, 9.17) is 9.84 Å². The number of aliphatic hydroxyl groups is 1. The van der Waals surface area contributed by atoms with Crippen molar-refractivity contribution in [3.63, 3.8) is 0 Å². The van der Waals surface area contributed by atoms with Crippen LogP contribution in [0.2, 0.25) is 0 Å². The third kappa shape index (κ3) is 4.80. The first-order valence-electron chi connectivity index (χ1n) is 9.22. The van der Waals surface area contributed by atoms with Crippen LogP contribution in [0.4, 0.5) is 0 Å². The summed E-state index contributed by atoms with van der Waals surface area (Å²) in [5.74, 6) is 6.81. The largest absolute Gasteiger partial charge is 0.618 e. The molecule has 0 fully saturated rings. The molecule has 0 amide bonds. The number of ether oxygens (including phenoxy) is 1. The van der Waals surface area contributed by atoms with Gasteiger partial charge in [-0.15, -0.1) is 0 Å². The summed E-state index contributed by atoms with van der Waals surface area (Å²) in [5, 5.41) is 23.2. The van der Waals surface area contributed by atoms with Crippen molar-refractivity contribution in [1.82, 2.24) is 4.90 Å². The lowest BCUT2D eigenvalue weighted by Gasteiger charge is -2.11. The summed E-state index contributed by atoms with van der Waals surface area (Å²) in [4.78, 5) is 2.06. The number of aliphatic hydroxyl groups excluding tert-OH is 1. The molecule has 0 aliphatic carbocycles. The molecule has 0 aliphatic rings. The lowest BCUT2D eigenvalue weighted by molar-refractivity contribution is -0.592. The maximum atomic E-state index is 12.5. The molecule has 0 atom stereocenters. The number of rotatable bonds is 6. The number of fused-ring (bicyclic) bond motifs is 1. The van der Waals surface area contributed by atoms with Crippen LogP contribution in [-0.4, -0.2) is 43.9 Å². The van der Waals surface area contributed by atoms with Gasteiger partial charge in [0.05, 0.1) is 6.61 Å². The summed E-state index contributed by atoms with van der Waals surface area (Å²) in [7, 11) is 4.00. The molecular weight excluding hydrogens is 352 g/mol. The Hall–Kier alpha value is -3.07. The molecule has 0 saturated heterocycles. The Labute approximate surface area is 165 Å². The molecule has 1 aromatic heterocycles. The fraction of sp³-hybridized carbons (Fsp3) is 0.261. The summed E-state index contributed by atoms with van der Waals surface area (Å²) in [6.07, 6.45) is 2.00. The van der Waals surface area contributed by atoms with Gasteiger partial charge in [0, 0.05) is 40.9 Å². The van der Waals surface area contributed by atoms with E-state index in [9.17, 15) is 5.21 Å². The van der Waals surface area contributed by atoms with Crippen molar-refractivity contribution >= 4 is 10.8 Å². The molecule has 0 unspecified atom stereocenters. The summed E-state index contributed by atoms with van der Waals surface area (Å²) >= 11 is 0. The first kappa shape index (κ1) is 19.7. The Kier molecular flexibility index (Phi) is 6.49. The topological polar surface area (TPSA) is 59.6 Å². The van der Waals surface area contributed by atoms with E-state index in [2.05, 4.69) is 16.7 Å². The van der Waals surface area contributed by atoms with E-state index in [-0.39, 0.29) is 6.61 Å². The molecule has 0 aliphatic heterocycles. The van der Waals surface area contributed by atoms with Crippen molar-refractivity contribution in [3.8, 4) is 28.8 Å². The van der Waals surface area contributed by atoms with Gasteiger partial charge >= 0.3 is 0 Å². The second-order valence-electron chi connectivity index (χ2n) is 6.74. The van der Waals surface area contributed by atoms with E-state index < -0.39 is 0 Å². The van der Waals surface area contributed by atoms with Crippen LogP contribution < -0.4 is 9.47 Å². The highest BCUT2D eigenvalue weighted by Gasteiger charge is 2.12. The van der Waals surface area contributed by atoms with Gasteiger partial charge in [0.2, 0.25) is 5.69 Å². The Bertz CT molecular complexity index is 1000. The zero-order valence-corrected chi connectivity index (χ0v) is 16.2. The number of hydrogen-bond donors (Lipinski definition) is 1. The maximum absolute atomic E-state index is 12.5. The van der Waals surface area contributed by atoms with Crippen molar-refractivity contribution in [1.29, 1.82) is 0 Å². The van der Waals surface area contributed by atoms with Crippen LogP contribution in [0.3, 0.4) is 0 Å². The molecule has 3 aromatic rings. The van der Waals surface area contributed by atoms with Crippen LogP contribution in [-0.2, 0) is 0 Å². The molecule has 3 rings (SSSR count). The molecule has 0 bridgehead atoms. The molecule has 5 nitrogen and oxygen atoms in total. The molecular formula is C23H24N2O3. The van der Waals surface area contributed by atoms with Crippen LogP contribution in [0.1, 0.15) is 12.0 Å². The highest BCUT2D eigenvalue weighted by atomic mass is 16.5. The number of aromatic nitrogens is 1. The van der Waals surface area contributed by atoms with E-state index in [1.54, 1.807) is 6.20 Å². The highest BCUT2D eigenvalue weighted by Crippen LogP contribution is 2.25. The molecule has 1 heterocycles. The second-order valence-corrected chi connectivity index (χ2v) is 6.74. The smallest absolute Gasteiger partial charge is 0.224 e. The van der Waals surface area contributed by atoms with Gasteiger partial charge in [-0.1, -0.05) is 17.9 Å². The number of benzene rings is 2. The monoisotopic (exact) mass is 376 g/mol. The number of likely N-dealkylation sites (N-methyl/N-ethyl adjacent to an activating group) is 1. The van der Waals surface area contributed by atoms with Crippen molar-refractivity contribution in [2.75, 3.05) is 33.9 Å². The third-order valence-electron chi connectivity index (χ3n) is 4.33. The second kappa shape index (κ2) is 9.23. The number of nitrogens with zero attached hydrogens (tertiary/aromatic N) is 2. The van der Waals surface area contributed by atoms with Gasteiger partial charge in [0.1, 0.15) is 12.4 Å². The minimum Gasteiger partial charge on any atom is -0.618 e. The van der Waals surface area contributed by atoms with Crippen molar-refractivity contribution in [2.45, 2.75) is 6.42 Å². The predicted molar refractivity (Wildman–Crippen MR) is 111 cm³/mol. The molecule has 1 N–H and O–H groups in total. The van der Waals surface area contributed by atoms with E-state index in [0.29, 0.717) is 18.7 Å². The molecule has 0 saturated carbocycles. The van der Waals surface area contributed by atoms with Crippen molar-refractivity contribution in [3.05, 3.63) is 65.5 Å². The Morgan fingerprint density at radius 1 is 1.14 bits per heavy atom. The minimum atomic E-state index is 0.0343. The average molecular weight is 376 g/mol. The predicted octanol–water partition coefficient (Wildman–Crippen LogP) is 2.81. The average Bonchev–Trinajstić information content (AvgIpc) is 2.68. The zero-order valence-electron chi connectivity index (χ0n) is 16.2. The van der Waals surface area contributed by atoms with E-state index in [1.807, 2.05) is 62.6 Å². The first-order chi connectivity index (χ1) is 13.6. The van der Waals surface area contributed by atoms with Crippen LogP contribution in [0.15, 0.2) is 54.7 Å². The van der Waals surface area contributed by atoms with Gasteiger partial charge in [-0.3, -0.25) is 0 Å². The van der Waals surface area contributed by atoms with Gasteiger partial charge < -0.3 is 20.0 Å². The lowest BCUT2D eigenvalue weighted by atomic mass is 10.0. The summed E-state index contributed by atoms with van der Waals surface area (Å²) in [5.41, 5.74) is 2.22. The van der Waals surface area contributed by atoms with Crippen LogP contribution in [0.25, 0.3) is 22.0 Å². The van der Waals surface area contributed by atoms with Crippen molar-refractivity contribution < 1.29 is 14.6 Å². The first-order valence-corrected chi connectivity index (χ1v) is 9.22. The molecule has 5 heteroatoms. The third-order valence-corrected chi connectivity index (χ3v) is 4.33. The fourth-order valence-electron chi connectivity index (χ4n) is 2.85.